The largest absolute Gasteiger partial charge is 0.475 e. The minimum atomic E-state index is -1.39. The first-order valence-corrected chi connectivity index (χ1v) is 5.34. The van der Waals surface area contributed by atoms with Crippen molar-refractivity contribution in [1.82, 2.24) is 0 Å². The summed E-state index contributed by atoms with van der Waals surface area (Å²) in [6.45, 7) is 3.64. The summed E-state index contributed by atoms with van der Waals surface area (Å²) in [6.07, 6.45) is 0. The summed E-state index contributed by atoms with van der Waals surface area (Å²) in [6, 6.07) is 6.68. The van der Waals surface area contributed by atoms with Crippen LogP contribution in [-0.2, 0) is 9.59 Å². The van der Waals surface area contributed by atoms with E-state index in [2.05, 4.69) is 0 Å². The Bertz CT molecular complexity index is 395. The molecule has 16 heavy (non-hydrogen) atoms. The molecule has 0 bridgehead atoms. The van der Waals surface area contributed by atoms with Gasteiger partial charge in [-0.3, -0.25) is 4.79 Å². The highest BCUT2D eigenvalue weighted by atomic mass is 35.5. The van der Waals surface area contributed by atoms with Crippen molar-refractivity contribution in [3.05, 3.63) is 34.9 Å². The Balaban J connectivity index is 3.08. The fraction of sp³-hybridized carbons (Fsp3) is 0.333. The van der Waals surface area contributed by atoms with E-state index in [-0.39, 0.29) is 5.92 Å². The van der Waals surface area contributed by atoms with E-state index in [1.807, 2.05) is 13.8 Å². The quantitative estimate of drug-likeness (QED) is 0.824. The number of hydrogen-bond donors (Lipinski definition) is 1. The van der Waals surface area contributed by atoms with Gasteiger partial charge >= 0.3 is 5.97 Å². The Morgan fingerprint density at radius 1 is 1.19 bits per heavy atom. The number of carbonyl (C=O) groups excluding carboxylic acids is 1. The molecule has 0 aliphatic rings. The molecule has 0 saturated heterocycles. The Hall–Kier alpha value is -1.35. The maximum Gasteiger partial charge on any atom is 0.372 e. The van der Waals surface area contributed by atoms with Crippen LogP contribution < -0.4 is 0 Å². The van der Waals surface area contributed by atoms with Gasteiger partial charge in [-0.25, -0.2) is 4.79 Å². The number of carboxylic acids is 1. The van der Waals surface area contributed by atoms with Crippen molar-refractivity contribution in [2.75, 3.05) is 0 Å². The fourth-order valence-corrected chi connectivity index (χ4v) is 1.77. The summed E-state index contributed by atoms with van der Waals surface area (Å²) in [5, 5.41) is 9.31. The smallest absolute Gasteiger partial charge is 0.372 e. The zero-order valence-corrected chi connectivity index (χ0v) is 9.86. The lowest BCUT2D eigenvalue weighted by atomic mass is 9.85. The molecule has 1 aromatic carbocycles. The van der Waals surface area contributed by atoms with Gasteiger partial charge in [-0.1, -0.05) is 37.6 Å². The van der Waals surface area contributed by atoms with Crippen LogP contribution in [0.4, 0.5) is 0 Å². The molecule has 86 valence electrons. The molecule has 1 rings (SSSR count). The molecule has 0 aromatic heterocycles. The summed E-state index contributed by atoms with van der Waals surface area (Å²) >= 11 is 5.74. The monoisotopic (exact) mass is 240 g/mol. The van der Waals surface area contributed by atoms with E-state index >= 15 is 0 Å². The van der Waals surface area contributed by atoms with Gasteiger partial charge < -0.3 is 5.11 Å². The van der Waals surface area contributed by atoms with Gasteiger partial charge in [-0.15, -0.1) is 0 Å². The highest BCUT2D eigenvalue weighted by Crippen LogP contribution is 2.26. The standard InChI is InChI=1S/C12H13ClO3/c1-7(2)10(11(14)12(15)16)8-3-5-9(13)6-4-8/h3-7,10H,1-2H3,(H,15,16). The Labute approximate surface area is 99.0 Å². The lowest BCUT2D eigenvalue weighted by molar-refractivity contribution is -0.150. The van der Waals surface area contributed by atoms with E-state index < -0.39 is 17.7 Å². The van der Waals surface area contributed by atoms with E-state index in [1.165, 1.54) is 0 Å². The minimum absolute atomic E-state index is 0.0650. The average molecular weight is 241 g/mol. The third-order valence-corrected chi connectivity index (χ3v) is 2.64. The molecule has 0 radical (unpaired) electrons. The molecule has 0 saturated carbocycles. The number of carboxylic acid groups (broad SMARTS) is 1. The second-order valence-electron chi connectivity index (χ2n) is 3.94. The molecule has 4 heteroatoms. The SMILES string of the molecule is CC(C)C(C(=O)C(=O)O)c1ccc(Cl)cc1. The van der Waals surface area contributed by atoms with Crippen LogP contribution in [-0.4, -0.2) is 16.9 Å². The van der Waals surface area contributed by atoms with Crippen molar-refractivity contribution in [1.29, 1.82) is 0 Å². The van der Waals surface area contributed by atoms with Gasteiger partial charge in [0.25, 0.3) is 0 Å². The van der Waals surface area contributed by atoms with Crippen LogP contribution in [0.3, 0.4) is 0 Å². The lowest BCUT2D eigenvalue weighted by Crippen LogP contribution is -2.25. The molecule has 0 aliphatic carbocycles. The Morgan fingerprint density at radius 3 is 2.06 bits per heavy atom. The van der Waals surface area contributed by atoms with Crippen LogP contribution in [0, 0.1) is 5.92 Å². The topological polar surface area (TPSA) is 54.4 Å². The Kier molecular flexibility index (Phi) is 4.07. The summed E-state index contributed by atoms with van der Waals surface area (Å²) < 4.78 is 0. The first-order valence-electron chi connectivity index (χ1n) is 4.96. The summed E-state index contributed by atoms with van der Waals surface area (Å²) in [5.74, 6) is -2.86. The predicted octanol–water partition coefficient (Wildman–Crippen LogP) is 2.73. The van der Waals surface area contributed by atoms with Gasteiger partial charge in [0.2, 0.25) is 5.78 Å². The van der Waals surface area contributed by atoms with Crippen molar-refractivity contribution < 1.29 is 14.7 Å². The highest BCUT2D eigenvalue weighted by molar-refractivity contribution is 6.35. The molecule has 0 spiro atoms. The highest BCUT2D eigenvalue weighted by Gasteiger charge is 2.28. The predicted molar refractivity (Wildman–Crippen MR) is 61.7 cm³/mol. The average Bonchev–Trinajstić information content (AvgIpc) is 2.20. The van der Waals surface area contributed by atoms with Gasteiger partial charge in [0.1, 0.15) is 0 Å². The molecular weight excluding hydrogens is 228 g/mol. The molecule has 1 atom stereocenters. The van der Waals surface area contributed by atoms with Crippen molar-refractivity contribution in [2.24, 2.45) is 5.92 Å². The number of Topliss-reactive ketones (excluding diaryl/α,β-unsaturated/α-hetero) is 1. The maximum atomic E-state index is 11.5. The number of rotatable bonds is 4. The van der Waals surface area contributed by atoms with Gasteiger partial charge in [0, 0.05) is 5.02 Å². The fourth-order valence-electron chi connectivity index (χ4n) is 1.64. The normalized spacial score (nSPS) is 12.5. The molecular formula is C12H13ClO3. The van der Waals surface area contributed by atoms with Crippen LogP contribution in [0.25, 0.3) is 0 Å². The second-order valence-corrected chi connectivity index (χ2v) is 4.38. The molecule has 0 fully saturated rings. The summed E-state index contributed by atoms with van der Waals surface area (Å²) in [4.78, 5) is 22.2. The van der Waals surface area contributed by atoms with Gasteiger partial charge in [-0.05, 0) is 23.6 Å². The summed E-state index contributed by atoms with van der Waals surface area (Å²) in [5.41, 5.74) is 0.687. The minimum Gasteiger partial charge on any atom is -0.475 e. The van der Waals surface area contributed by atoms with Gasteiger partial charge in [-0.2, -0.15) is 0 Å². The molecule has 0 aliphatic heterocycles. The number of halogens is 1. The molecule has 1 aromatic rings. The zero-order chi connectivity index (χ0) is 12.3. The molecule has 1 N–H and O–H groups in total. The molecule has 1 unspecified atom stereocenters. The first-order chi connectivity index (χ1) is 7.43. The van der Waals surface area contributed by atoms with Gasteiger partial charge in [0.15, 0.2) is 0 Å². The maximum absolute atomic E-state index is 11.5. The van der Waals surface area contributed by atoms with Crippen LogP contribution in [0.5, 0.6) is 0 Å². The number of benzene rings is 1. The van der Waals surface area contributed by atoms with Crippen molar-refractivity contribution >= 4 is 23.4 Å². The summed E-state index contributed by atoms with van der Waals surface area (Å²) in [7, 11) is 0. The lowest BCUT2D eigenvalue weighted by Gasteiger charge is -2.17. The van der Waals surface area contributed by atoms with Crippen LogP contribution >= 0.6 is 11.6 Å². The number of hydrogen-bond acceptors (Lipinski definition) is 2. The third kappa shape index (κ3) is 2.83. The van der Waals surface area contributed by atoms with Crippen molar-refractivity contribution in [3.63, 3.8) is 0 Å². The van der Waals surface area contributed by atoms with E-state index in [4.69, 9.17) is 16.7 Å². The Morgan fingerprint density at radius 2 is 1.69 bits per heavy atom. The van der Waals surface area contributed by atoms with Crippen LogP contribution in [0.2, 0.25) is 5.02 Å². The van der Waals surface area contributed by atoms with Gasteiger partial charge in [0.05, 0.1) is 5.92 Å². The third-order valence-electron chi connectivity index (χ3n) is 2.39. The zero-order valence-electron chi connectivity index (χ0n) is 9.11. The van der Waals surface area contributed by atoms with Crippen LogP contribution in [0.15, 0.2) is 24.3 Å². The van der Waals surface area contributed by atoms with Crippen LogP contribution in [0.1, 0.15) is 25.3 Å². The van der Waals surface area contributed by atoms with E-state index in [0.29, 0.717) is 10.6 Å². The van der Waals surface area contributed by atoms with E-state index in [9.17, 15) is 9.59 Å². The molecule has 3 nitrogen and oxygen atoms in total. The number of aliphatic carboxylic acids is 1. The van der Waals surface area contributed by atoms with Crippen molar-refractivity contribution in [3.8, 4) is 0 Å². The molecule has 0 heterocycles. The van der Waals surface area contributed by atoms with E-state index in [1.54, 1.807) is 24.3 Å². The number of ketones is 1. The van der Waals surface area contributed by atoms with Crippen molar-refractivity contribution in [2.45, 2.75) is 19.8 Å². The number of carbonyl (C=O) groups is 2. The molecule has 0 amide bonds. The second kappa shape index (κ2) is 5.12. The first kappa shape index (κ1) is 12.7. The van der Waals surface area contributed by atoms with E-state index in [0.717, 1.165) is 0 Å².